The number of nitrogens with one attached hydrogen (secondary N) is 3. The Morgan fingerprint density at radius 1 is 0.922 bits per heavy atom. The Hall–Kier alpha value is -5.98. The minimum absolute atomic E-state index is 0.0611. The molecule has 2 aliphatic heterocycles. The second kappa shape index (κ2) is 19.4. The van der Waals surface area contributed by atoms with E-state index in [0.29, 0.717) is 16.9 Å². The van der Waals surface area contributed by atoms with Gasteiger partial charge >= 0.3 is 18.1 Å². The van der Waals surface area contributed by atoms with Gasteiger partial charge in [-0.1, -0.05) is 74.3 Å². The molecule has 6 rings (SSSR count). The number of hydrogen-bond acceptors (Lipinski definition) is 10. The van der Waals surface area contributed by atoms with Crippen molar-refractivity contribution in [1.29, 1.82) is 0 Å². The van der Waals surface area contributed by atoms with Crippen LogP contribution in [0.15, 0.2) is 78.9 Å². The molecule has 20 heteroatoms. The summed E-state index contributed by atoms with van der Waals surface area (Å²) in [5.74, 6) is -6.35. The number of benzene rings is 4. The van der Waals surface area contributed by atoms with E-state index in [1.165, 1.54) is 44.5 Å². The Labute approximate surface area is 378 Å². The molecule has 4 bridgehead atoms. The summed E-state index contributed by atoms with van der Waals surface area (Å²) in [5, 5.41) is 16.3. The molecule has 0 aliphatic carbocycles. The molecule has 0 spiro atoms. The number of fused-ring (bicyclic) bond motifs is 9. The summed E-state index contributed by atoms with van der Waals surface area (Å²) in [6.45, 7) is 10.4. The van der Waals surface area contributed by atoms with Gasteiger partial charge in [0.05, 0.1) is 24.3 Å². The molecule has 4 amide bonds. The summed E-state index contributed by atoms with van der Waals surface area (Å²) < 4.78 is 64.1. The average Bonchev–Trinajstić information content (AvgIpc) is 3.23. The van der Waals surface area contributed by atoms with Gasteiger partial charge in [-0.05, 0) is 88.9 Å². The van der Waals surface area contributed by atoms with E-state index >= 15 is 0 Å². The molecule has 14 nitrogen and oxygen atoms in total. The summed E-state index contributed by atoms with van der Waals surface area (Å²) in [7, 11) is 1.43. The minimum Gasteiger partial charge on any atom is -0.544 e. The number of likely N-dealkylation sites (N-methyl/N-ethyl adjacent to an activating group) is 1. The molecule has 2 aliphatic rings. The predicted octanol–water partition coefficient (Wildman–Crippen LogP) is 7.87. The lowest BCUT2D eigenvalue weighted by Crippen LogP contribution is -2.54. The molecular weight excluding hydrogens is 900 g/mol. The van der Waals surface area contributed by atoms with Crippen molar-refractivity contribution in [2.75, 3.05) is 21.3 Å². The van der Waals surface area contributed by atoms with Crippen molar-refractivity contribution >= 4 is 61.1 Å². The van der Waals surface area contributed by atoms with Crippen LogP contribution >= 0.6 is 23.2 Å². The lowest BCUT2D eigenvalue weighted by molar-refractivity contribution is -0.174. The third kappa shape index (κ3) is 11.2. The van der Waals surface area contributed by atoms with Crippen LogP contribution in [0.25, 0.3) is 0 Å². The van der Waals surface area contributed by atoms with Gasteiger partial charge in [0, 0.05) is 13.5 Å². The number of alkyl halides is 3. The van der Waals surface area contributed by atoms with Crippen LogP contribution in [-0.2, 0) is 35.1 Å². The number of phenolic OH excluding ortho intramolecular Hbond substituents is 1. The van der Waals surface area contributed by atoms with E-state index in [9.17, 15) is 42.3 Å². The number of ether oxygens (including phenoxy) is 3. The molecule has 2 heterocycles. The zero-order chi connectivity index (χ0) is 47.5. The Kier molecular flexibility index (Phi) is 14.9. The molecule has 0 saturated heterocycles. The van der Waals surface area contributed by atoms with Gasteiger partial charge in [0.15, 0.2) is 23.3 Å². The number of halogens is 5. The van der Waals surface area contributed by atoms with Crippen molar-refractivity contribution in [2.24, 2.45) is 0 Å². The van der Waals surface area contributed by atoms with Crippen LogP contribution in [0.5, 0.6) is 28.7 Å². The van der Waals surface area contributed by atoms with E-state index in [0.717, 1.165) is 24.1 Å². The van der Waals surface area contributed by atoms with E-state index in [1.54, 1.807) is 41.7 Å². The highest BCUT2D eigenvalue weighted by molar-refractivity contribution is 6.74. The highest BCUT2D eigenvalue weighted by Crippen LogP contribution is 2.39. The van der Waals surface area contributed by atoms with Crippen molar-refractivity contribution in [2.45, 2.75) is 75.7 Å². The number of carbonyl (C=O) groups is 5. The maximum Gasteiger partial charge on any atom is 0.471 e. The first-order chi connectivity index (χ1) is 29.8. The molecular formula is C44H47Cl2F3N4O10Si. The summed E-state index contributed by atoms with van der Waals surface area (Å²) in [6, 6.07) is 11.8. The maximum atomic E-state index is 14.9. The smallest absolute Gasteiger partial charge is 0.471 e. The molecule has 4 aromatic rings. The zero-order valence-corrected chi connectivity index (χ0v) is 38.5. The second-order valence-corrected chi connectivity index (χ2v) is 21.9. The third-order valence-electron chi connectivity index (χ3n) is 11.0. The molecule has 342 valence electrons. The fourth-order valence-corrected chi connectivity index (χ4v) is 7.88. The molecule has 0 saturated carbocycles. The largest absolute Gasteiger partial charge is 0.544 e. The average molecular weight is 948 g/mol. The van der Waals surface area contributed by atoms with Crippen molar-refractivity contribution in [3.63, 3.8) is 0 Å². The molecule has 4 atom stereocenters. The fraction of sp³-hybridized carbons (Fsp3) is 0.341. The highest BCUT2D eigenvalue weighted by Gasteiger charge is 2.43. The van der Waals surface area contributed by atoms with Crippen LogP contribution in [0.1, 0.15) is 61.2 Å². The van der Waals surface area contributed by atoms with Crippen molar-refractivity contribution in [1.82, 2.24) is 20.9 Å². The third-order valence-corrected chi connectivity index (χ3v) is 16.0. The number of nitrogens with zero attached hydrogens (tertiary/aromatic N) is 1. The number of carbonyl (C=O) groups excluding carboxylic acids is 5. The number of hydrogen-bond donors (Lipinski definition) is 4. The maximum absolute atomic E-state index is 14.9. The standard InChI is InChI=1S/C44H47Cl2F3N4O10Si/c1-43(2,3)64(7,8)63-28-16-11-24(12-17-28)36(41(58)61-6)51-38(55)31-19-23-9-14-27(15-10-23)62-33-22-25(13-18-32(33)60-5)34(52-42(59)44(47,48)49)39(56)50-35(40(57)53(31)4)26-20-29(45)37(54)30(46)21-26/h9-18,20-22,31,34-36,54H,19H2,1-8H3,(H,50,56)(H,51,55)(H,52,59)/t31-,34+,35+,36+/m0/s1. The summed E-state index contributed by atoms with van der Waals surface area (Å²) in [6.07, 6.45) is -5.65. The van der Waals surface area contributed by atoms with Crippen LogP contribution in [0, 0.1) is 0 Å². The molecule has 4 N–H and O–H groups in total. The molecule has 0 fully saturated rings. The lowest BCUT2D eigenvalue weighted by atomic mass is 9.98. The van der Waals surface area contributed by atoms with Gasteiger partial charge in [-0.15, -0.1) is 0 Å². The summed E-state index contributed by atoms with van der Waals surface area (Å²) >= 11 is 12.5. The second-order valence-electron chi connectivity index (χ2n) is 16.4. The van der Waals surface area contributed by atoms with Crippen LogP contribution in [0.3, 0.4) is 0 Å². The number of rotatable bonds is 9. The molecule has 0 aromatic heterocycles. The van der Waals surface area contributed by atoms with Gasteiger partial charge < -0.3 is 44.6 Å². The van der Waals surface area contributed by atoms with Crippen LogP contribution < -0.4 is 29.9 Å². The number of aromatic hydroxyl groups is 1. The Morgan fingerprint density at radius 2 is 1.53 bits per heavy atom. The number of amides is 4. The molecule has 64 heavy (non-hydrogen) atoms. The van der Waals surface area contributed by atoms with E-state index in [-0.39, 0.29) is 49.9 Å². The first-order valence-corrected chi connectivity index (χ1v) is 23.3. The van der Waals surface area contributed by atoms with Crippen molar-refractivity contribution < 1.29 is 60.9 Å². The zero-order valence-electron chi connectivity index (χ0n) is 36.0. The normalized spacial score (nSPS) is 17.7. The van der Waals surface area contributed by atoms with Crippen molar-refractivity contribution in [3.05, 3.63) is 111 Å². The quantitative estimate of drug-likeness (QED) is 0.0952. The number of esters is 1. The SMILES string of the molecule is COC(=O)[C@H](NC(=O)[C@@H]1Cc2ccc(cc2)Oc2cc(ccc2OC)[C@@H](NC(=O)C(F)(F)F)C(=O)N[C@H](c2cc(Cl)c(O)c(Cl)c2)C(=O)N1C)c1ccc(O[Si](C)(C)C(C)(C)C)cc1. The van der Waals surface area contributed by atoms with E-state index in [4.69, 9.17) is 41.8 Å². The number of phenols is 1. The van der Waals surface area contributed by atoms with E-state index < -0.39 is 74.0 Å². The van der Waals surface area contributed by atoms with E-state index in [2.05, 4.69) is 44.5 Å². The predicted molar refractivity (Wildman–Crippen MR) is 233 cm³/mol. The summed E-state index contributed by atoms with van der Waals surface area (Å²) in [4.78, 5) is 70.5. The Balaban J connectivity index is 1.63. The topological polar surface area (TPSA) is 182 Å². The van der Waals surface area contributed by atoms with Crippen LogP contribution in [0.4, 0.5) is 13.2 Å². The molecule has 4 aromatic carbocycles. The van der Waals surface area contributed by atoms with Gasteiger partial charge in [-0.25, -0.2) is 4.79 Å². The number of methoxy groups -OCH3 is 2. The molecule has 0 radical (unpaired) electrons. The lowest BCUT2D eigenvalue weighted by Gasteiger charge is -2.36. The van der Waals surface area contributed by atoms with Gasteiger partial charge in [-0.3, -0.25) is 19.2 Å². The van der Waals surface area contributed by atoms with Gasteiger partial charge in [-0.2, -0.15) is 13.2 Å². The van der Waals surface area contributed by atoms with Crippen LogP contribution in [0.2, 0.25) is 28.2 Å². The highest BCUT2D eigenvalue weighted by atomic mass is 35.5. The van der Waals surface area contributed by atoms with Crippen molar-refractivity contribution in [3.8, 4) is 28.7 Å². The van der Waals surface area contributed by atoms with Crippen LogP contribution in [-0.4, -0.2) is 81.4 Å². The summed E-state index contributed by atoms with van der Waals surface area (Å²) in [5.41, 5.74) is 0.417. The van der Waals surface area contributed by atoms with Gasteiger partial charge in [0.25, 0.3) is 0 Å². The Morgan fingerprint density at radius 3 is 2.08 bits per heavy atom. The van der Waals surface area contributed by atoms with E-state index in [1.807, 2.05) is 0 Å². The monoisotopic (exact) mass is 946 g/mol. The van der Waals surface area contributed by atoms with Gasteiger partial charge in [0.2, 0.25) is 26.0 Å². The minimum atomic E-state index is -5.44. The Bertz CT molecular complexity index is 2390. The first kappa shape index (κ1) is 49.0. The molecule has 0 unspecified atom stereocenters. The van der Waals surface area contributed by atoms with Gasteiger partial charge in [0.1, 0.15) is 29.6 Å². The fourth-order valence-electron chi connectivity index (χ4n) is 6.35. The first-order valence-electron chi connectivity index (χ1n) is 19.6.